The molecule has 0 radical (unpaired) electrons. The van der Waals surface area contributed by atoms with E-state index in [1.165, 1.54) is 5.56 Å². The van der Waals surface area contributed by atoms with Crippen LogP contribution in [0.1, 0.15) is 43.6 Å². The lowest BCUT2D eigenvalue weighted by atomic mass is 9.98. The van der Waals surface area contributed by atoms with Crippen molar-refractivity contribution in [2.24, 2.45) is 0 Å². The van der Waals surface area contributed by atoms with E-state index in [4.69, 9.17) is 4.42 Å². The third kappa shape index (κ3) is 3.03. The van der Waals surface area contributed by atoms with Gasteiger partial charge in [-0.15, -0.1) is 10.2 Å². The SMILES string of the molecule is CCC(=O)N1CCC[C@H](c2nnc(-c3ccc(C)cc3)o2)C1. The first kappa shape index (κ1) is 14.8. The van der Waals surface area contributed by atoms with Crippen LogP contribution in [0.25, 0.3) is 11.5 Å². The molecular weight excluding hydrogens is 278 g/mol. The van der Waals surface area contributed by atoms with Crippen molar-refractivity contribution in [2.45, 2.75) is 39.0 Å². The van der Waals surface area contributed by atoms with Crippen LogP contribution in [0.15, 0.2) is 28.7 Å². The molecule has 5 nitrogen and oxygen atoms in total. The Morgan fingerprint density at radius 2 is 2.09 bits per heavy atom. The van der Waals surface area contributed by atoms with Crippen molar-refractivity contribution in [2.75, 3.05) is 13.1 Å². The van der Waals surface area contributed by atoms with Crippen molar-refractivity contribution in [1.82, 2.24) is 15.1 Å². The quantitative estimate of drug-likeness (QED) is 0.873. The molecule has 116 valence electrons. The second kappa shape index (κ2) is 6.30. The molecule has 1 aliphatic rings. The molecule has 0 bridgehead atoms. The molecule has 1 aromatic heterocycles. The first-order valence-electron chi connectivity index (χ1n) is 7.85. The second-order valence-corrected chi connectivity index (χ2v) is 5.84. The highest BCUT2D eigenvalue weighted by Crippen LogP contribution is 2.28. The number of hydrogen-bond donors (Lipinski definition) is 0. The average molecular weight is 299 g/mol. The van der Waals surface area contributed by atoms with Gasteiger partial charge in [0.15, 0.2) is 0 Å². The number of amides is 1. The minimum Gasteiger partial charge on any atom is -0.420 e. The Balaban J connectivity index is 1.75. The van der Waals surface area contributed by atoms with E-state index in [1.54, 1.807) is 0 Å². The van der Waals surface area contributed by atoms with Gasteiger partial charge in [0.25, 0.3) is 0 Å². The van der Waals surface area contributed by atoms with Gasteiger partial charge in [-0.25, -0.2) is 0 Å². The molecule has 0 spiro atoms. The number of benzene rings is 1. The maximum atomic E-state index is 11.9. The minimum absolute atomic E-state index is 0.149. The maximum absolute atomic E-state index is 11.9. The van der Waals surface area contributed by atoms with E-state index in [0.29, 0.717) is 24.7 Å². The fourth-order valence-corrected chi connectivity index (χ4v) is 2.84. The number of nitrogens with zero attached hydrogens (tertiary/aromatic N) is 3. The van der Waals surface area contributed by atoms with E-state index in [1.807, 2.05) is 43.0 Å². The fourth-order valence-electron chi connectivity index (χ4n) is 2.84. The van der Waals surface area contributed by atoms with E-state index >= 15 is 0 Å². The predicted octanol–water partition coefficient (Wildman–Crippen LogP) is 3.16. The lowest BCUT2D eigenvalue weighted by Gasteiger charge is -2.30. The van der Waals surface area contributed by atoms with E-state index in [0.717, 1.165) is 24.9 Å². The van der Waals surface area contributed by atoms with Gasteiger partial charge in [-0.3, -0.25) is 4.79 Å². The summed E-state index contributed by atoms with van der Waals surface area (Å²) in [5.41, 5.74) is 2.13. The molecule has 0 aliphatic carbocycles. The number of piperidine rings is 1. The van der Waals surface area contributed by atoms with Crippen molar-refractivity contribution in [3.05, 3.63) is 35.7 Å². The largest absolute Gasteiger partial charge is 0.420 e. The van der Waals surface area contributed by atoms with Gasteiger partial charge in [-0.05, 0) is 31.9 Å². The Bertz CT molecular complexity index is 648. The first-order valence-corrected chi connectivity index (χ1v) is 7.85. The number of rotatable bonds is 3. The van der Waals surface area contributed by atoms with Gasteiger partial charge >= 0.3 is 0 Å². The zero-order valence-electron chi connectivity index (χ0n) is 13.1. The number of carbonyl (C=O) groups excluding carboxylic acids is 1. The van der Waals surface area contributed by atoms with E-state index < -0.39 is 0 Å². The molecule has 22 heavy (non-hydrogen) atoms. The molecule has 0 N–H and O–H groups in total. The van der Waals surface area contributed by atoms with Crippen LogP contribution >= 0.6 is 0 Å². The third-order valence-corrected chi connectivity index (χ3v) is 4.16. The Hall–Kier alpha value is -2.17. The van der Waals surface area contributed by atoms with Gasteiger partial charge in [-0.1, -0.05) is 24.6 Å². The highest BCUT2D eigenvalue weighted by atomic mass is 16.4. The van der Waals surface area contributed by atoms with Crippen LogP contribution in [0.5, 0.6) is 0 Å². The van der Waals surface area contributed by atoms with Gasteiger partial charge in [-0.2, -0.15) is 0 Å². The summed E-state index contributed by atoms with van der Waals surface area (Å²) in [6, 6.07) is 8.03. The maximum Gasteiger partial charge on any atom is 0.247 e. The molecule has 2 heterocycles. The third-order valence-electron chi connectivity index (χ3n) is 4.16. The van der Waals surface area contributed by atoms with Crippen LogP contribution in [-0.2, 0) is 4.79 Å². The zero-order valence-corrected chi connectivity index (χ0v) is 13.1. The molecule has 3 rings (SSSR count). The average Bonchev–Trinajstić information content (AvgIpc) is 3.05. The molecule has 1 atom stereocenters. The standard InChI is InChI=1S/C17H21N3O2/c1-3-15(21)20-10-4-5-14(11-20)17-19-18-16(22-17)13-8-6-12(2)7-9-13/h6-9,14H,3-5,10-11H2,1-2H3/t14-/m0/s1. The summed E-state index contributed by atoms with van der Waals surface area (Å²) in [6.45, 7) is 5.46. The predicted molar refractivity (Wildman–Crippen MR) is 83.3 cm³/mol. The van der Waals surface area contributed by atoms with Gasteiger partial charge in [0, 0.05) is 25.1 Å². The highest BCUT2D eigenvalue weighted by Gasteiger charge is 2.27. The molecular formula is C17H21N3O2. The van der Waals surface area contributed by atoms with Crippen molar-refractivity contribution in [3.8, 4) is 11.5 Å². The molecule has 0 unspecified atom stereocenters. The Morgan fingerprint density at radius 3 is 2.82 bits per heavy atom. The zero-order chi connectivity index (χ0) is 15.5. The summed E-state index contributed by atoms with van der Waals surface area (Å²) < 4.78 is 5.85. The lowest BCUT2D eigenvalue weighted by Crippen LogP contribution is -2.38. The van der Waals surface area contributed by atoms with E-state index in [2.05, 4.69) is 10.2 Å². The summed E-state index contributed by atoms with van der Waals surface area (Å²) in [5, 5.41) is 8.36. The van der Waals surface area contributed by atoms with Gasteiger partial charge in [0.2, 0.25) is 17.7 Å². The topological polar surface area (TPSA) is 59.2 Å². The van der Waals surface area contributed by atoms with E-state index in [9.17, 15) is 4.79 Å². The van der Waals surface area contributed by atoms with Crippen LogP contribution in [0.2, 0.25) is 0 Å². The van der Waals surface area contributed by atoms with Crippen LogP contribution < -0.4 is 0 Å². The number of likely N-dealkylation sites (tertiary alicyclic amines) is 1. The summed E-state index contributed by atoms with van der Waals surface area (Å²) in [7, 11) is 0. The number of aryl methyl sites for hydroxylation is 1. The van der Waals surface area contributed by atoms with Gasteiger partial charge in [0.1, 0.15) is 0 Å². The molecule has 5 heteroatoms. The summed E-state index contributed by atoms with van der Waals surface area (Å²) >= 11 is 0. The normalized spacial score (nSPS) is 18.5. The van der Waals surface area contributed by atoms with Crippen LogP contribution in [-0.4, -0.2) is 34.1 Å². The number of hydrogen-bond acceptors (Lipinski definition) is 4. The van der Waals surface area contributed by atoms with Crippen LogP contribution in [0.4, 0.5) is 0 Å². The van der Waals surface area contributed by atoms with Gasteiger partial charge < -0.3 is 9.32 Å². The Kier molecular flexibility index (Phi) is 4.22. The Labute approximate surface area is 130 Å². The number of carbonyl (C=O) groups is 1. The van der Waals surface area contributed by atoms with Crippen molar-refractivity contribution >= 4 is 5.91 Å². The minimum atomic E-state index is 0.149. The van der Waals surface area contributed by atoms with Crippen LogP contribution in [0, 0.1) is 6.92 Å². The van der Waals surface area contributed by atoms with Crippen molar-refractivity contribution in [3.63, 3.8) is 0 Å². The molecule has 1 amide bonds. The van der Waals surface area contributed by atoms with Crippen molar-refractivity contribution < 1.29 is 9.21 Å². The first-order chi connectivity index (χ1) is 10.7. The van der Waals surface area contributed by atoms with Crippen LogP contribution in [0.3, 0.4) is 0 Å². The smallest absolute Gasteiger partial charge is 0.247 e. The molecule has 0 saturated carbocycles. The summed E-state index contributed by atoms with van der Waals surface area (Å²) in [5.74, 6) is 1.54. The number of aromatic nitrogens is 2. The molecule has 1 fully saturated rings. The monoisotopic (exact) mass is 299 g/mol. The molecule has 1 saturated heterocycles. The molecule has 2 aromatic rings. The van der Waals surface area contributed by atoms with Crippen molar-refractivity contribution in [1.29, 1.82) is 0 Å². The second-order valence-electron chi connectivity index (χ2n) is 5.84. The summed E-state index contributed by atoms with van der Waals surface area (Å²) in [6.07, 6.45) is 2.52. The Morgan fingerprint density at radius 1 is 1.32 bits per heavy atom. The van der Waals surface area contributed by atoms with E-state index in [-0.39, 0.29) is 11.8 Å². The molecule has 1 aromatic carbocycles. The van der Waals surface area contributed by atoms with Gasteiger partial charge in [0.05, 0.1) is 5.92 Å². The highest BCUT2D eigenvalue weighted by molar-refractivity contribution is 5.76. The lowest BCUT2D eigenvalue weighted by molar-refractivity contribution is -0.132. The summed E-state index contributed by atoms with van der Waals surface area (Å²) in [4.78, 5) is 13.8. The molecule has 1 aliphatic heterocycles. The fraction of sp³-hybridized carbons (Fsp3) is 0.471.